The van der Waals surface area contributed by atoms with Crippen LogP contribution in [0.25, 0.3) is 0 Å². The van der Waals surface area contributed by atoms with E-state index in [1.54, 1.807) is 18.9 Å². The van der Waals surface area contributed by atoms with Crippen molar-refractivity contribution in [1.29, 1.82) is 0 Å². The van der Waals surface area contributed by atoms with Gasteiger partial charge in [-0.2, -0.15) is 0 Å². The van der Waals surface area contributed by atoms with Crippen LogP contribution in [-0.4, -0.2) is 20.3 Å². The molecule has 3 aromatic carbocycles. The third-order valence-electron chi connectivity index (χ3n) is 3.94. The summed E-state index contributed by atoms with van der Waals surface area (Å²) in [6.07, 6.45) is 0. The molecule has 3 rings (SSSR count). The minimum absolute atomic E-state index is 0.601. The highest BCUT2D eigenvalue weighted by Gasteiger charge is 2.07. The van der Waals surface area contributed by atoms with Gasteiger partial charge in [-0.05, 0) is 48.0 Å². The van der Waals surface area contributed by atoms with Crippen molar-refractivity contribution in [2.24, 2.45) is 0 Å². The van der Waals surface area contributed by atoms with E-state index in [9.17, 15) is 0 Å². The van der Waals surface area contributed by atoms with Crippen LogP contribution >= 0.6 is 23.4 Å². The summed E-state index contributed by atoms with van der Waals surface area (Å²) in [5.74, 6) is 1.72. The predicted molar refractivity (Wildman–Crippen MR) is 112 cm³/mol. The average molecular weight is 400 g/mol. The number of halogens is 1. The molecule has 0 saturated carbocycles. The first-order valence-electron chi connectivity index (χ1n) is 8.74. The molecule has 0 bridgehead atoms. The van der Waals surface area contributed by atoms with Gasteiger partial charge in [0.2, 0.25) is 0 Å². The summed E-state index contributed by atoms with van der Waals surface area (Å²) < 4.78 is 11.2. The lowest BCUT2D eigenvalue weighted by Crippen LogP contribution is -2.20. The Morgan fingerprint density at radius 1 is 0.889 bits per heavy atom. The van der Waals surface area contributed by atoms with Crippen molar-refractivity contribution < 1.29 is 9.47 Å². The standard InChI is InChI=1S/C22H22ClNO2S/c1-25-20-7-3-5-9-22(20)27-21-8-4-2-6-17(21)16-24-14-15-26-19-12-10-18(23)11-13-19/h2-13,24H,14-16H2,1H3. The highest BCUT2D eigenvalue weighted by molar-refractivity contribution is 7.99. The van der Waals surface area contributed by atoms with Gasteiger partial charge in [0.15, 0.2) is 0 Å². The molecule has 27 heavy (non-hydrogen) atoms. The van der Waals surface area contributed by atoms with Gasteiger partial charge in [-0.1, -0.05) is 53.7 Å². The summed E-state index contributed by atoms with van der Waals surface area (Å²) in [5.41, 5.74) is 1.25. The second-order valence-electron chi connectivity index (χ2n) is 5.84. The van der Waals surface area contributed by atoms with E-state index in [1.165, 1.54) is 10.5 Å². The maximum atomic E-state index is 5.88. The lowest BCUT2D eigenvalue weighted by molar-refractivity contribution is 0.313. The molecule has 0 aromatic heterocycles. The number of benzene rings is 3. The van der Waals surface area contributed by atoms with E-state index in [4.69, 9.17) is 21.1 Å². The van der Waals surface area contributed by atoms with Gasteiger partial charge in [0.05, 0.1) is 12.0 Å². The molecule has 0 aliphatic heterocycles. The molecule has 1 N–H and O–H groups in total. The smallest absolute Gasteiger partial charge is 0.132 e. The minimum Gasteiger partial charge on any atom is -0.496 e. The molecule has 3 aromatic rings. The molecule has 0 fully saturated rings. The molecule has 0 atom stereocenters. The Kier molecular flexibility index (Phi) is 7.45. The Balaban J connectivity index is 1.52. The zero-order chi connectivity index (χ0) is 18.9. The number of hydrogen-bond donors (Lipinski definition) is 1. The van der Waals surface area contributed by atoms with Crippen molar-refractivity contribution >= 4 is 23.4 Å². The second-order valence-corrected chi connectivity index (χ2v) is 7.36. The Labute approximate surface area is 169 Å². The van der Waals surface area contributed by atoms with Crippen molar-refractivity contribution in [3.63, 3.8) is 0 Å². The van der Waals surface area contributed by atoms with E-state index in [2.05, 4.69) is 35.6 Å². The largest absolute Gasteiger partial charge is 0.496 e. The zero-order valence-corrected chi connectivity index (χ0v) is 16.7. The number of methoxy groups -OCH3 is 1. The summed E-state index contributed by atoms with van der Waals surface area (Å²) in [7, 11) is 1.70. The van der Waals surface area contributed by atoms with E-state index in [0.29, 0.717) is 11.6 Å². The average Bonchev–Trinajstić information content (AvgIpc) is 2.71. The molecule has 0 aliphatic carbocycles. The third kappa shape index (κ3) is 5.93. The topological polar surface area (TPSA) is 30.5 Å². The molecule has 0 amide bonds. The first kappa shape index (κ1) is 19.6. The van der Waals surface area contributed by atoms with Gasteiger partial charge in [0, 0.05) is 23.0 Å². The summed E-state index contributed by atoms with van der Waals surface area (Å²) in [6.45, 7) is 2.14. The monoisotopic (exact) mass is 399 g/mol. The first-order chi connectivity index (χ1) is 13.3. The van der Waals surface area contributed by atoms with Crippen molar-refractivity contribution in [3.05, 3.63) is 83.4 Å². The molecule has 0 heterocycles. The van der Waals surface area contributed by atoms with Crippen LogP contribution in [0.15, 0.2) is 82.6 Å². The van der Waals surface area contributed by atoms with Crippen LogP contribution in [0.5, 0.6) is 11.5 Å². The number of rotatable bonds is 9. The lowest BCUT2D eigenvalue weighted by atomic mass is 10.2. The molecular formula is C22H22ClNO2S. The fourth-order valence-electron chi connectivity index (χ4n) is 2.57. The highest BCUT2D eigenvalue weighted by Crippen LogP contribution is 2.36. The Bertz CT molecular complexity index is 855. The molecule has 0 saturated heterocycles. The van der Waals surface area contributed by atoms with Crippen molar-refractivity contribution in [2.45, 2.75) is 16.3 Å². The quantitative estimate of drug-likeness (QED) is 0.470. The number of nitrogens with one attached hydrogen (secondary N) is 1. The third-order valence-corrected chi connectivity index (χ3v) is 5.37. The van der Waals surface area contributed by atoms with Crippen molar-refractivity contribution in [2.75, 3.05) is 20.3 Å². The molecule has 0 spiro atoms. The molecule has 0 radical (unpaired) electrons. The molecular weight excluding hydrogens is 378 g/mol. The van der Waals surface area contributed by atoms with E-state index in [-0.39, 0.29) is 0 Å². The van der Waals surface area contributed by atoms with Gasteiger partial charge in [-0.25, -0.2) is 0 Å². The fourth-order valence-corrected chi connectivity index (χ4v) is 3.75. The number of para-hydroxylation sites is 1. The van der Waals surface area contributed by atoms with Gasteiger partial charge in [-0.15, -0.1) is 0 Å². The van der Waals surface area contributed by atoms with Crippen LogP contribution in [0.3, 0.4) is 0 Å². The van der Waals surface area contributed by atoms with E-state index < -0.39 is 0 Å². The van der Waals surface area contributed by atoms with Gasteiger partial charge in [0.25, 0.3) is 0 Å². The van der Waals surface area contributed by atoms with Gasteiger partial charge < -0.3 is 14.8 Å². The van der Waals surface area contributed by atoms with Crippen LogP contribution < -0.4 is 14.8 Å². The maximum absolute atomic E-state index is 5.88. The van der Waals surface area contributed by atoms with Gasteiger partial charge in [0.1, 0.15) is 18.1 Å². The first-order valence-corrected chi connectivity index (χ1v) is 9.93. The van der Waals surface area contributed by atoms with Crippen LogP contribution in [0.2, 0.25) is 5.02 Å². The fraction of sp³-hybridized carbons (Fsp3) is 0.182. The highest BCUT2D eigenvalue weighted by atomic mass is 35.5. The van der Waals surface area contributed by atoms with Crippen LogP contribution in [0, 0.1) is 0 Å². The van der Waals surface area contributed by atoms with E-state index in [0.717, 1.165) is 29.5 Å². The Hall–Kier alpha value is -2.14. The van der Waals surface area contributed by atoms with E-state index >= 15 is 0 Å². The Morgan fingerprint density at radius 2 is 1.59 bits per heavy atom. The number of ether oxygens (including phenoxy) is 2. The van der Waals surface area contributed by atoms with Crippen LogP contribution in [0.1, 0.15) is 5.56 Å². The molecule has 3 nitrogen and oxygen atoms in total. The second kappa shape index (κ2) is 10.3. The minimum atomic E-state index is 0.601. The Morgan fingerprint density at radius 3 is 2.37 bits per heavy atom. The molecule has 0 unspecified atom stereocenters. The van der Waals surface area contributed by atoms with Crippen molar-refractivity contribution in [3.8, 4) is 11.5 Å². The van der Waals surface area contributed by atoms with Crippen LogP contribution in [-0.2, 0) is 6.54 Å². The van der Waals surface area contributed by atoms with Gasteiger partial charge >= 0.3 is 0 Å². The lowest BCUT2D eigenvalue weighted by Gasteiger charge is -2.12. The summed E-state index contributed by atoms with van der Waals surface area (Å²) in [6, 6.07) is 23.9. The van der Waals surface area contributed by atoms with Gasteiger partial charge in [-0.3, -0.25) is 0 Å². The summed E-state index contributed by atoms with van der Waals surface area (Å²) in [4.78, 5) is 2.33. The number of hydrogen-bond acceptors (Lipinski definition) is 4. The zero-order valence-electron chi connectivity index (χ0n) is 15.2. The van der Waals surface area contributed by atoms with E-state index in [1.807, 2.05) is 42.5 Å². The maximum Gasteiger partial charge on any atom is 0.132 e. The summed E-state index contributed by atoms with van der Waals surface area (Å²) >= 11 is 7.60. The SMILES string of the molecule is COc1ccccc1Sc1ccccc1CNCCOc1ccc(Cl)cc1. The summed E-state index contributed by atoms with van der Waals surface area (Å²) in [5, 5.41) is 4.16. The van der Waals surface area contributed by atoms with Crippen LogP contribution in [0.4, 0.5) is 0 Å². The molecule has 140 valence electrons. The van der Waals surface area contributed by atoms with Crippen molar-refractivity contribution in [1.82, 2.24) is 5.32 Å². The molecule has 0 aliphatic rings. The normalized spacial score (nSPS) is 10.6. The predicted octanol–water partition coefficient (Wildman–Crippen LogP) is 5.67. The molecule has 5 heteroatoms.